The Labute approximate surface area is 698 Å². The largest absolute Gasteiger partial charge is 0.393 e. The average Bonchev–Trinajstić information content (AvgIpc) is 1.22. The molecule has 0 aliphatic carbocycles. The van der Waals surface area contributed by atoms with Crippen molar-refractivity contribution >= 4 is 177 Å². The first kappa shape index (κ1) is 81.4. The fourth-order valence-corrected chi connectivity index (χ4v) is 21.5. The third kappa shape index (κ3) is 20.2. The molecule has 114 heavy (non-hydrogen) atoms. The minimum absolute atomic E-state index is 0.0315. The van der Waals surface area contributed by atoms with Crippen LogP contribution in [0.1, 0.15) is 112 Å². The molecule has 12 aromatic rings. The zero-order chi connectivity index (χ0) is 79.1. The molecule has 9 N–H and O–H groups in total. The SMILES string of the molecule is CC(=O)c1ccc(N2CCNCC2)c(NC(=O)c2csc(-c3cccs3)n2)c1.CC(C)NC1(C(N)=O)CCN(c2ccccc2SC(=O)c2csc(-c3cccs3)n2)CC1.O=C(Nc1ccccc1N1CCC(O)CC1)c1csc(-c2cccs2)n1.O=C(Nc1ccccc1N1CCC2(CC1)CNC2)c1csc(-c2cccs2)n1. The van der Waals surface area contributed by atoms with E-state index in [-0.39, 0.29) is 46.7 Å². The highest BCUT2D eigenvalue weighted by molar-refractivity contribution is 8.14. The smallest absolute Gasteiger partial charge is 0.275 e. The van der Waals surface area contributed by atoms with Crippen LogP contribution in [0.25, 0.3) is 39.5 Å². The van der Waals surface area contributed by atoms with Crippen LogP contribution in [0.5, 0.6) is 0 Å². The van der Waals surface area contributed by atoms with Crippen molar-refractivity contribution in [1.29, 1.82) is 0 Å². The highest BCUT2D eigenvalue weighted by Crippen LogP contribution is 2.42. The molecule has 8 aromatic heterocycles. The van der Waals surface area contributed by atoms with E-state index in [2.05, 4.69) is 77.5 Å². The number of hydrogen-bond acceptors (Lipinski definition) is 27. The van der Waals surface area contributed by atoms with Gasteiger partial charge in [-0.25, -0.2) is 19.9 Å². The Kier molecular flexibility index (Phi) is 27.2. The van der Waals surface area contributed by atoms with Crippen LogP contribution in [0, 0.1) is 5.41 Å². The Morgan fingerprint density at radius 1 is 0.474 bits per heavy atom. The maximum atomic E-state index is 13.0. The van der Waals surface area contributed by atoms with Crippen LogP contribution in [0.15, 0.2) is 187 Å². The molecule has 1 spiro atoms. The van der Waals surface area contributed by atoms with Crippen LogP contribution in [0.4, 0.5) is 39.8 Å². The van der Waals surface area contributed by atoms with Crippen molar-refractivity contribution < 1.29 is 33.9 Å². The van der Waals surface area contributed by atoms with Gasteiger partial charge in [-0.2, -0.15) is 0 Å². The predicted molar refractivity (Wildman–Crippen MR) is 472 cm³/mol. The number of carbonyl (C=O) groups is 6. The first-order chi connectivity index (χ1) is 55.4. The number of thioether (sulfide) groups is 1. The van der Waals surface area contributed by atoms with E-state index >= 15 is 0 Å². The van der Waals surface area contributed by atoms with Crippen molar-refractivity contribution in [2.45, 2.75) is 81.9 Å². The molecule has 5 saturated heterocycles. The lowest BCUT2D eigenvalue weighted by atomic mass is 9.73. The molecule has 4 aromatic carbocycles. The highest BCUT2D eigenvalue weighted by Gasteiger charge is 2.42. The van der Waals surface area contributed by atoms with Crippen molar-refractivity contribution in [1.82, 2.24) is 35.9 Å². The zero-order valence-corrected chi connectivity index (χ0v) is 70.4. The number of benzene rings is 4. The van der Waals surface area contributed by atoms with Crippen LogP contribution < -0.4 is 57.2 Å². The summed E-state index contributed by atoms with van der Waals surface area (Å²) in [6.07, 6.45) is 4.94. The summed E-state index contributed by atoms with van der Waals surface area (Å²) in [4.78, 5) is 108. The average molecular weight is 1700 g/mol. The van der Waals surface area contributed by atoms with Crippen molar-refractivity contribution in [3.05, 3.63) is 211 Å². The summed E-state index contributed by atoms with van der Waals surface area (Å²) in [5, 5.41) is 47.5. The van der Waals surface area contributed by atoms with E-state index in [0.717, 1.165) is 157 Å². The summed E-state index contributed by atoms with van der Waals surface area (Å²) < 4.78 is 0. The molecule has 5 fully saturated rings. The third-order valence-corrected chi connectivity index (χ3v) is 28.8. The van der Waals surface area contributed by atoms with E-state index in [1.54, 1.807) is 62.2 Å². The quantitative estimate of drug-likeness (QED) is 0.0260. The number of carbonyl (C=O) groups excluding carboxylic acids is 6. The number of rotatable bonds is 20. The molecule has 5 aliphatic rings. The van der Waals surface area contributed by atoms with Crippen molar-refractivity contribution in [2.24, 2.45) is 11.1 Å². The van der Waals surface area contributed by atoms with Gasteiger partial charge in [-0.05, 0) is 177 Å². The van der Waals surface area contributed by atoms with Gasteiger partial charge in [-0.3, -0.25) is 28.8 Å². The van der Waals surface area contributed by atoms with Crippen molar-refractivity contribution in [2.75, 3.05) is 114 Å². The van der Waals surface area contributed by atoms with E-state index in [1.807, 2.05) is 174 Å². The topological polar surface area (TPSA) is 285 Å². The van der Waals surface area contributed by atoms with Crippen LogP contribution in [-0.4, -0.2) is 156 Å². The van der Waals surface area contributed by atoms with Gasteiger partial charge in [0.05, 0.1) is 65.4 Å². The number of aliphatic hydroxyl groups excluding tert-OH is 1. The Bertz CT molecular complexity index is 5220. The molecule has 0 unspecified atom stereocenters. The molecule has 5 aliphatic heterocycles. The Balaban J connectivity index is 0.000000126. The number of thiazole rings is 4. The number of nitrogens with zero attached hydrogens (tertiary/aromatic N) is 8. The number of thiophene rings is 4. The molecular formula is C83H87N15O7S9. The van der Waals surface area contributed by atoms with Crippen LogP contribution in [0.3, 0.4) is 0 Å². The highest BCUT2D eigenvalue weighted by atomic mass is 32.2. The number of nitrogens with one attached hydrogen (secondary N) is 6. The number of nitrogens with two attached hydrogens (primary N) is 1. The number of Topliss-reactive ketones (excluding diaryl/α,β-unsaturated/α-hetero) is 1. The van der Waals surface area contributed by atoms with E-state index < -0.39 is 5.54 Å². The van der Waals surface area contributed by atoms with Crippen molar-refractivity contribution in [3.63, 3.8) is 0 Å². The number of hydrogen-bond donors (Lipinski definition) is 8. The van der Waals surface area contributed by atoms with E-state index in [4.69, 9.17) is 5.73 Å². The number of amides is 4. The molecular weight excluding hydrogens is 1610 g/mol. The Morgan fingerprint density at radius 2 is 0.877 bits per heavy atom. The fourth-order valence-electron chi connectivity index (χ4n) is 14.1. The number of anilines is 7. The summed E-state index contributed by atoms with van der Waals surface area (Å²) in [6.45, 7) is 16.4. The molecule has 0 atom stereocenters. The molecule has 17 rings (SSSR count). The van der Waals surface area contributed by atoms with Gasteiger partial charge in [-0.1, -0.05) is 60.7 Å². The number of para-hydroxylation sites is 5. The van der Waals surface area contributed by atoms with Crippen LogP contribution in [0.2, 0.25) is 0 Å². The lowest BCUT2D eigenvalue weighted by Gasteiger charge is -2.49. The minimum atomic E-state index is -0.679. The van der Waals surface area contributed by atoms with E-state index in [9.17, 15) is 33.9 Å². The number of aromatic nitrogens is 4. The van der Waals surface area contributed by atoms with E-state index in [1.165, 1.54) is 76.9 Å². The minimum Gasteiger partial charge on any atom is -0.393 e. The van der Waals surface area contributed by atoms with Gasteiger partial charge >= 0.3 is 0 Å². The lowest BCUT2D eigenvalue weighted by molar-refractivity contribution is -0.125. The lowest BCUT2D eigenvalue weighted by Crippen LogP contribution is -2.62. The van der Waals surface area contributed by atoms with E-state index in [0.29, 0.717) is 65.4 Å². The molecule has 0 bridgehead atoms. The fraction of sp³-hybridized carbons (Fsp3) is 0.301. The third-order valence-electron chi connectivity index (χ3n) is 20.3. The number of piperazine rings is 1. The summed E-state index contributed by atoms with van der Waals surface area (Å²) in [5.41, 5.74) is 14.2. The molecule has 4 amide bonds. The predicted octanol–water partition coefficient (Wildman–Crippen LogP) is 16.8. The Morgan fingerprint density at radius 3 is 1.32 bits per heavy atom. The second-order valence-corrected chi connectivity index (χ2v) is 36.6. The molecule has 0 radical (unpaired) electrons. The molecule has 31 heteroatoms. The Hall–Kier alpha value is -9.19. The standard InChI is InChI=1S/C23H26N4O2S3.C21H22N4OS2.C20H20N4O2S2.C19H19N3O2S2/c1-15(2)26-23(22(24)29)9-11-27(12-10-23)17-6-3-4-7-18(17)32-21(28)16-14-31-20(25-16)19-8-5-13-30-19;26-19(16-12-28-20(24-16)18-6-3-11-27-18)23-15-4-1-2-5-17(15)25-9-7-21(8-10-25)13-22-14-21;1-13(25)14-4-5-17(24-8-6-21-7-9-24)15(11-14)22-19(26)16-12-28-20(23-16)18-3-2-10-27-18;23-13-7-9-22(10-8-13)16-5-2-1-4-14(16)20-18(24)15-12-26-19(21-15)17-6-3-11-25-17/h3-8,13-15,26H,9-12H2,1-2H3,(H2,24,29);1-6,11-12,22H,7-10,13-14H2,(H,23,26);2-5,10-12,21H,6-9H2,1H3,(H,22,26);1-6,11-13,23H,7-10H2,(H,20,24). The summed E-state index contributed by atoms with van der Waals surface area (Å²) >= 11 is 13.6. The second kappa shape index (κ2) is 38.1. The number of piperidine rings is 3. The maximum Gasteiger partial charge on any atom is 0.275 e. The molecule has 0 saturated carbocycles. The molecule has 22 nitrogen and oxygen atoms in total. The van der Waals surface area contributed by atoms with Gasteiger partial charge in [0.2, 0.25) is 11.0 Å². The van der Waals surface area contributed by atoms with Gasteiger partial charge in [0.25, 0.3) is 17.7 Å². The second-order valence-electron chi connectivity index (χ2n) is 28.4. The molecule has 13 heterocycles. The number of aliphatic hydroxyl groups is 1. The van der Waals surface area contributed by atoms with Gasteiger partial charge in [0.1, 0.15) is 48.3 Å². The normalized spacial score (nSPS) is 15.8. The number of primary amides is 1. The maximum absolute atomic E-state index is 13.0. The van der Waals surface area contributed by atoms with Gasteiger partial charge in [0.15, 0.2) is 5.78 Å². The van der Waals surface area contributed by atoms with Gasteiger partial charge < -0.3 is 62.3 Å². The molecule has 590 valence electrons. The zero-order valence-electron chi connectivity index (χ0n) is 63.0. The van der Waals surface area contributed by atoms with Gasteiger partial charge in [0, 0.05) is 117 Å². The first-order valence-corrected chi connectivity index (χ1v) is 45.5. The van der Waals surface area contributed by atoms with Gasteiger partial charge in [-0.15, -0.1) is 90.7 Å². The van der Waals surface area contributed by atoms with Crippen molar-refractivity contribution in [3.8, 4) is 39.5 Å². The summed E-state index contributed by atoms with van der Waals surface area (Å²) in [5.74, 6) is -0.947. The summed E-state index contributed by atoms with van der Waals surface area (Å²) in [7, 11) is 0. The van der Waals surface area contributed by atoms with Crippen LogP contribution in [-0.2, 0) is 4.79 Å². The van der Waals surface area contributed by atoms with Crippen LogP contribution >= 0.6 is 102 Å². The summed E-state index contributed by atoms with van der Waals surface area (Å²) in [6, 6.07) is 45.4. The monoisotopic (exact) mass is 1690 g/mol. The first-order valence-electron chi connectivity index (χ1n) is 37.7. The number of ketones is 1.